The van der Waals surface area contributed by atoms with Crippen molar-refractivity contribution in [2.75, 3.05) is 13.2 Å². The van der Waals surface area contributed by atoms with Crippen LogP contribution >= 0.6 is 11.8 Å². The van der Waals surface area contributed by atoms with E-state index in [-0.39, 0.29) is 19.0 Å². The van der Waals surface area contributed by atoms with Gasteiger partial charge >= 0.3 is 0 Å². The van der Waals surface area contributed by atoms with Crippen LogP contribution in [0.25, 0.3) is 0 Å². The first kappa shape index (κ1) is 41.2. The molecule has 302 valence electrons. The van der Waals surface area contributed by atoms with Crippen LogP contribution in [0, 0.1) is 0 Å². The van der Waals surface area contributed by atoms with Gasteiger partial charge in [0.05, 0.1) is 38.3 Å². The van der Waals surface area contributed by atoms with Crippen molar-refractivity contribution in [1.29, 1.82) is 0 Å². The standard InChI is InChI=1S/C44H54O11S/c1-7-34(28(2)45)56-40-38(48-25-31-21-15-10-16-22-31)35(47-24-30-19-13-9-14-20-30)32(26-46-23-29-17-11-8-12-18-29)51-42(40)49-27-33-36-37(53-43(3,4)52-36)39-41(50-33)55-44(5,6)54-39/h7-22,32-33,35-42H,23-27H2,1-6H3/b34-7+/t32-,33-,35-,36+,37+,38+,39-,40-,41-,42-/m1/s1. The van der Waals surface area contributed by atoms with E-state index in [1.807, 2.05) is 132 Å². The minimum atomic E-state index is -0.885. The summed E-state index contributed by atoms with van der Waals surface area (Å²) in [4.78, 5) is 13.5. The van der Waals surface area contributed by atoms with Gasteiger partial charge in [0.15, 0.2) is 29.9 Å². The molecule has 3 aromatic carbocycles. The van der Waals surface area contributed by atoms with E-state index >= 15 is 0 Å². The number of carbonyl (C=O) groups is 1. The molecule has 0 radical (unpaired) electrons. The fourth-order valence-corrected chi connectivity index (χ4v) is 8.80. The predicted octanol–water partition coefficient (Wildman–Crippen LogP) is 7.11. The molecule has 0 N–H and O–H groups in total. The third kappa shape index (κ3) is 10.2. The minimum absolute atomic E-state index is 0.0686. The lowest BCUT2D eigenvalue weighted by atomic mass is 9.99. The lowest BCUT2D eigenvalue weighted by molar-refractivity contribution is -0.293. The van der Waals surface area contributed by atoms with Gasteiger partial charge in [-0.1, -0.05) is 97.1 Å². The van der Waals surface area contributed by atoms with E-state index in [9.17, 15) is 4.79 Å². The summed E-state index contributed by atoms with van der Waals surface area (Å²) < 4.78 is 65.4. The van der Waals surface area contributed by atoms with E-state index in [1.54, 1.807) is 6.92 Å². The Morgan fingerprint density at radius 1 is 0.643 bits per heavy atom. The number of Topliss-reactive ketones (excluding diaryl/α,β-unsaturated/α-hetero) is 1. The van der Waals surface area contributed by atoms with Gasteiger partial charge in [-0.15, -0.1) is 11.8 Å². The summed E-state index contributed by atoms with van der Waals surface area (Å²) in [6, 6.07) is 30.0. The Bertz CT molecular complexity index is 1740. The minimum Gasteiger partial charge on any atom is -0.374 e. The molecule has 0 spiro atoms. The number of hydrogen-bond acceptors (Lipinski definition) is 12. The summed E-state index contributed by atoms with van der Waals surface area (Å²) in [5.74, 6) is -1.80. The number of fused-ring (bicyclic) bond motifs is 3. The van der Waals surface area contributed by atoms with Gasteiger partial charge in [0, 0.05) is 4.91 Å². The summed E-state index contributed by atoms with van der Waals surface area (Å²) in [7, 11) is 0. The van der Waals surface area contributed by atoms with Crippen molar-refractivity contribution in [2.45, 2.75) is 133 Å². The van der Waals surface area contributed by atoms with Crippen molar-refractivity contribution >= 4 is 17.5 Å². The molecule has 0 aliphatic carbocycles. The Morgan fingerprint density at radius 2 is 1.18 bits per heavy atom. The highest BCUT2D eigenvalue weighted by molar-refractivity contribution is 8.04. The maximum atomic E-state index is 13.0. The molecule has 56 heavy (non-hydrogen) atoms. The summed E-state index contributed by atoms with van der Waals surface area (Å²) >= 11 is 1.37. The van der Waals surface area contributed by atoms with E-state index in [2.05, 4.69) is 0 Å². The van der Waals surface area contributed by atoms with Gasteiger partial charge in [0.2, 0.25) is 0 Å². The van der Waals surface area contributed by atoms with Crippen LogP contribution in [-0.4, -0.2) is 91.1 Å². The Labute approximate surface area is 334 Å². The van der Waals surface area contributed by atoms with Crippen molar-refractivity contribution in [1.82, 2.24) is 0 Å². The zero-order valence-corrected chi connectivity index (χ0v) is 33.8. The average molecular weight is 791 g/mol. The van der Waals surface area contributed by atoms with Gasteiger partial charge in [-0.2, -0.15) is 0 Å². The van der Waals surface area contributed by atoms with Crippen molar-refractivity contribution < 1.29 is 52.2 Å². The van der Waals surface area contributed by atoms with Crippen LogP contribution in [0.4, 0.5) is 0 Å². The molecule has 4 fully saturated rings. The first-order chi connectivity index (χ1) is 27.0. The summed E-state index contributed by atoms with van der Waals surface area (Å²) in [5, 5.41) is -0.547. The van der Waals surface area contributed by atoms with Crippen LogP contribution in [-0.2, 0) is 72.0 Å². The largest absolute Gasteiger partial charge is 0.374 e. The molecule has 4 heterocycles. The molecular weight excluding hydrogens is 737 g/mol. The summed E-state index contributed by atoms with van der Waals surface area (Å²) in [6.07, 6.45) is -3.59. The highest BCUT2D eigenvalue weighted by Gasteiger charge is 2.61. The van der Waals surface area contributed by atoms with Gasteiger partial charge < -0.3 is 47.4 Å². The maximum absolute atomic E-state index is 13.0. The Hall–Kier alpha value is -2.98. The monoisotopic (exact) mass is 790 g/mol. The molecule has 11 nitrogen and oxygen atoms in total. The molecule has 0 unspecified atom stereocenters. The van der Waals surface area contributed by atoms with Gasteiger partial charge in [-0.3, -0.25) is 4.79 Å². The van der Waals surface area contributed by atoms with Gasteiger partial charge in [-0.05, 0) is 58.2 Å². The van der Waals surface area contributed by atoms with E-state index in [0.29, 0.717) is 24.7 Å². The van der Waals surface area contributed by atoms with Gasteiger partial charge in [0.1, 0.15) is 42.7 Å². The molecule has 12 heteroatoms. The van der Waals surface area contributed by atoms with Crippen LogP contribution in [0.1, 0.15) is 58.2 Å². The molecule has 4 aliphatic heterocycles. The average Bonchev–Trinajstić information content (AvgIpc) is 3.69. The third-order valence-corrected chi connectivity index (χ3v) is 11.6. The van der Waals surface area contributed by atoms with Gasteiger partial charge in [0.25, 0.3) is 0 Å². The second kappa shape index (κ2) is 18.3. The number of ketones is 1. The van der Waals surface area contributed by atoms with E-state index in [0.717, 1.165) is 16.7 Å². The zero-order valence-electron chi connectivity index (χ0n) is 32.9. The molecule has 0 amide bonds. The van der Waals surface area contributed by atoms with Crippen LogP contribution in [0.3, 0.4) is 0 Å². The number of thioether (sulfide) groups is 1. The molecular formula is C44H54O11S. The quantitative estimate of drug-likeness (QED) is 0.138. The van der Waals surface area contributed by atoms with Crippen molar-refractivity contribution in [2.24, 2.45) is 0 Å². The zero-order chi connectivity index (χ0) is 39.3. The summed E-state index contributed by atoms with van der Waals surface area (Å²) in [6.45, 7) is 12.1. The molecule has 4 saturated heterocycles. The number of rotatable bonds is 16. The van der Waals surface area contributed by atoms with Crippen LogP contribution < -0.4 is 0 Å². The fourth-order valence-electron chi connectivity index (χ4n) is 7.58. The predicted molar refractivity (Wildman–Crippen MR) is 209 cm³/mol. The number of benzene rings is 3. The molecule has 4 aliphatic rings. The topological polar surface area (TPSA) is 109 Å². The molecule has 0 saturated carbocycles. The van der Waals surface area contributed by atoms with Crippen LogP contribution in [0.2, 0.25) is 0 Å². The molecule has 0 bridgehead atoms. The smallest absolute Gasteiger partial charge is 0.190 e. The second-order valence-corrected chi connectivity index (χ2v) is 16.6. The van der Waals surface area contributed by atoms with E-state index in [4.69, 9.17) is 47.4 Å². The van der Waals surface area contributed by atoms with Gasteiger partial charge in [-0.25, -0.2) is 0 Å². The normalized spacial score (nSPS) is 32.1. The molecule has 7 rings (SSSR count). The fraction of sp³-hybridized carbons (Fsp3) is 0.523. The lowest BCUT2D eigenvalue weighted by Gasteiger charge is -2.46. The summed E-state index contributed by atoms with van der Waals surface area (Å²) in [5.41, 5.74) is 3.03. The van der Waals surface area contributed by atoms with Crippen LogP contribution in [0.5, 0.6) is 0 Å². The maximum Gasteiger partial charge on any atom is 0.190 e. The highest BCUT2D eigenvalue weighted by atomic mass is 32.2. The second-order valence-electron chi connectivity index (χ2n) is 15.4. The SMILES string of the molecule is C/C=C(/S[C@H]1[C@H](OC[C@H]2O[C@@H]3OC(C)(C)O[C@@H]3[C@H]3OC(C)(C)O[C@H]32)O[C@H](COCc2ccccc2)[C@@H](OCc2ccccc2)[C@@H]1OCc1ccccc1)C(C)=O. The molecule has 3 aromatic rings. The van der Waals surface area contributed by atoms with Crippen LogP contribution in [0.15, 0.2) is 102 Å². The Kier molecular flexibility index (Phi) is 13.5. The number of ether oxygens (including phenoxy) is 10. The first-order valence-corrected chi connectivity index (χ1v) is 20.3. The van der Waals surface area contributed by atoms with E-state index < -0.39 is 72.1 Å². The lowest BCUT2D eigenvalue weighted by Crippen LogP contribution is -2.61. The molecule has 0 aromatic heterocycles. The highest BCUT2D eigenvalue weighted by Crippen LogP contribution is 2.45. The van der Waals surface area contributed by atoms with E-state index in [1.165, 1.54) is 11.8 Å². The first-order valence-electron chi connectivity index (χ1n) is 19.4. The number of carbonyl (C=O) groups excluding carboxylic acids is 1. The van der Waals surface area contributed by atoms with Crippen molar-refractivity contribution in [3.8, 4) is 0 Å². The Morgan fingerprint density at radius 3 is 1.77 bits per heavy atom. The number of hydrogen-bond donors (Lipinski definition) is 0. The van der Waals surface area contributed by atoms with Crippen molar-refractivity contribution in [3.63, 3.8) is 0 Å². The third-order valence-electron chi connectivity index (χ3n) is 10.1. The number of allylic oxidation sites excluding steroid dienone is 2. The molecule has 10 atom stereocenters. The van der Waals surface area contributed by atoms with Crippen molar-refractivity contribution in [3.05, 3.63) is 119 Å². The Balaban J connectivity index is 1.20.